The van der Waals surface area contributed by atoms with Gasteiger partial charge in [-0.1, -0.05) is 23.9 Å². The SMILES string of the molecule is O=[N+]([O-])c1ccc(Sc2c[nH]c3cnc(Cc4ccc(N5CCOCC5)cc4)nc23)cc1. The van der Waals surface area contributed by atoms with Gasteiger partial charge in [-0.15, -0.1) is 0 Å². The number of nitrogens with one attached hydrogen (secondary N) is 1. The summed E-state index contributed by atoms with van der Waals surface area (Å²) in [5.41, 5.74) is 4.16. The van der Waals surface area contributed by atoms with E-state index in [4.69, 9.17) is 9.72 Å². The van der Waals surface area contributed by atoms with Gasteiger partial charge in [0, 0.05) is 48.4 Å². The number of nitro groups is 1. The van der Waals surface area contributed by atoms with Crippen LogP contribution in [0.1, 0.15) is 11.4 Å². The molecule has 2 aromatic carbocycles. The summed E-state index contributed by atoms with van der Waals surface area (Å²) < 4.78 is 5.42. The standard InChI is InChI=1S/C23H21N5O3S/c29-28(30)18-5-7-19(8-6-18)32-21-15-24-20-14-25-22(26-23(20)21)13-16-1-3-17(4-2-16)27-9-11-31-12-10-27/h1-8,14-15,24H,9-13H2. The van der Waals surface area contributed by atoms with Crippen LogP contribution in [0, 0.1) is 10.1 Å². The number of benzene rings is 2. The van der Waals surface area contributed by atoms with Gasteiger partial charge in [0.05, 0.1) is 34.7 Å². The monoisotopic (exact) mass is 447 g/mol. The molecule has 162 valence electrons. The molecular formula is C23H21N5O3S. The summed E-state index contributed by atoms with van der Waals surface area (Å²) in [5, 5.41) is 10.9. The Kier molecular flexibility index (Phi) is 5.74. The summed E-state index contributed by atoms with van der Waals surface area (Å²) in [6, 6.07) is 15.1. The molecule has 1 aliphatic rings. The molecule has 1 saturated heterocycles. The van der Waals surface area contributed by atoms with Crippen LogP contribution in [0.3, 0.4) is 0 Å². The third-order valence-corrected chi connectivity index (χ3v) is 6.42. The van der Waals surface area contributed by atoms with Crippen LogP contribution in [0.2, 0.25) is 0 Å². The second-order valence-electron chi connectivity index (χ2n) is 7.50. The number of rotatable bonds is 6. The second kappa shape index (κ2) is 8.97. The molecule has 1 N–H and O–H groups in total. The molecule has 9 heteroatoms. The Morgan fingerprint density at radius 3 is 2.56 bits per heavy atom. The van der Waals surface area contributed by atoms with Gasteiger partial charge in [0.15, 0.2) is 0 Å². The first-order valence-corrected chi connectivity index (χ1v) is 11.1. The minimum atomic E-state index is -0.396. The number of anilines is 1. The molecule has 0 radical (unpaired) electrons. The fourth-order valence-electron chi connectivity index (χ4n) is 3.68. The quantitative estimate of drug-likeness (QED) is 0.345. The molecule has 8 nitrogen and oxygen atoms in total. The third-order valence-electron chi connectivity index (χ3n) is 5.38. The predicted octanol–water partition coefficient (Wildman–Crippen LogP) is 4.44. The van der Waals surface area contributed by atoms with Crippen molar-refractivity contribution in [2.45, 2.75) is 16.2 Å². The molecule has 0 spiro atoms. The van der Waals surface area contributed by atoms with E-state index in [1.807, 2.05) is 6.20 Å². The maximum Gasteiger partial charge on any atom is 0.269 e. The molecule has 1 fully saturated rings. The first-order chi connectivity index (χ1) is 15.7. The van der Waals surface area contributed by atoms with E-state index in [0.29, 0.717) is 6.42 Å². The smallest absolute Gasteiger partial charge is 0.269 e. The summed E-state index contributed by atoms with van der Waals surface area (Å²) in [4.78, 5) is 27.2. The zero-order chi connectivity index (χ0) is 21.9. The highest BCUT2D eigenvalue weighted by Gasteiger charge is 2.13. The van der Waals surface area contributed by atoms with Gasteiger partial charge in [-0.25, -0.2) is 9.97 Å². The van der Waals surface area contributed by atoms with Gasteiger partial charge < -0.3 is 14.6 Å². The van der Waals surface area contributed by atoms with Crippen LogP contribution in [-0.4, -0.2) is 46.2 Å². The van der Waals surface area contributed by atoms with Crippen molar-refractivity contribution in [1.82, 2.24) is 15.0 Å². The maximum absolute atomic E-state index is 10.9. The first kappa shape index (κ1) is 20.5. The highest BCUT2D eigenvalue weighted by molar-refractivity contribution is 7.99. The number of morpholine rings is 1. The van der Waals surface area contributed by atoms with E-state index in [1.165, 1.54) is 29.6 Å². The lowest BCUT2D eigenvalue weighted by Gasteiger charge is -2.28. The van der Waals surface area contributed by atoms with Crippen LogP contribution in [0.15, 0.2) is 70.7 Å². The van der Waals surface area contributed by atoms with E-state index >= 15 is 0 Å². The van der Waals surface area contributed by atoms with Crippen LogP contribution in [0.4, 0.5) is 11.4 Å². The Bertz CT molecular complexity index is 1230. The molecule has 32 heavy (non-hydrogen) atoms. The Morgan fingerprint density at radius 1 is 1.09 bits per heavy atom. The number of non-ortho nitro benzene ring substituents is 1. The normalized spacial score (nSPS) is 14.1. The molecule has 0 bridgehead atoms. The zero-order valence-electron chi connectivity index (χ0n) is 17.2. The predicted molar refractivity (Wildman–Crippen MR) is 123 cm³/mol. The topological polar surface area (TPSA) is 97.2 Å². The highest BCUT2D eigenvalue weighted by Crippen LogP contribution is 2.33. The van der Waals surface area contributed by atoms with Gasteiger partial charge in [0.2, 0.25) is 0 Å². The lowest BCUT2D eigenvalue weighted by molar-refractivity contribution is -0.384. The van der Waals surface area contributed by atoms with E-state index < -0.39 is 4.92 Å². The molecular weight excluding hydrogens is 426 g/mol. The highest BCUT2D eigenvalue weighted by atomic mass is 32.2. The zero-order valence-corrected chi connectivity index (χ0v) is 18.0. The minimum absolute atomic E-state index is 0.0810. The van der Waals surface area contributed by atoms with Gasteiger partial charge in [0.1, 0.15) is 11.3 Å². The van der Waals surface area contributed by atoms with Crippen molar-refractivity contribution < 1.29 is 9.66 Å². The van der Waals surface area contributed by atoms with Crippen molar-refractivity contribution >= 4 is 34.2 Å². The van der Waals surface area contributed by atoms with Crippen LogP contribution in [-0.2, 0) is 11.2 Å². The van der Waals surface area contributed by atoms with E-state index in [-0.39, 0.29) is 5.69 Å². The third kappa shape index (κ3) is 4.44. The molecule has 2 aromatic heterocycles. The molecule has 0 aliphatic carbocycles. The molecule has 0 saturated carbocycles. The minimum Gasteiger partial charge on any atom is -0.378 e. The van der Waals surface area contributed by atoms with Gasteiger partial charge >= 0.3 is 0 Å². The Balaban J connectivity index is 1.32. The van der Waals surface area contributed by atoms with Gasteiger partial charge in [-0.3, -0.25) is 10.1 Å². The number of nitro benzene ring substituents is 1. The lowest BCUT2D eigenvalue weighted by Crippen LogP contribution is -2.36. The molecule has 0 amide bonds. The van der Waals surface area contributed by atoms with Gasteiger partial charge in [-0.05, 0) is 29.8 Å². The number of H-pyrrole nitrogens is 1. The number of ether oxygens (including phenoxy) is 1. The van der Waals surface area contributed by atoms with Crippen LogP contribution >= 0.6 is 11.8 Å². The maximum atomic E-state index is 10.9. The van der Waals surface area contributed by atoms with E-state index in [2.05, 4.69) is 39.1 Å². The largest absolute Gasteiger partial charge is 0.378 e. The molecule has 0 atom stereocenters. The summed E-state index contributed by atoms with van der Waals surface area (Å²) in [6.45, 7) is 3.38. The van der Waals surface area contributed by atoms with Crippen molar-refractivity contribution in [1.29, 1.82) is 0 Å². The number of aromatic nitrogens is 3. The molecule has 0 unspecified atom stereocenters. The molecule has 5 rings (SSSR count). The van der Waals surface area contributed by atoms with Crippen LogP contribution < -0.4 is 4.90 Å². The molecule has 1 aliphatic heterocycles. The molecule has 4 aromatic rings. The van der Waals surface area contributed by atoms with Crippen molar-refractivity contribution in [3.05, 3.63) is 82.4 Å². The average molecular weight is 448 g/mol. The number of nitrogens with zero attached hydrogens (tertiary/aromatic N) is 4. The second-order valence-corrected chi connectivity index (χ2v) is 8.61. The summed E-state index contributed by atoms with van der Waals surface area (Å²) in [6.07, 6.45) is 4.35. The van der Waals surface area contributed by atoms with Crippen molar-refractivity contribution in [2.75, 3.05) is 31.2 Å². The summed E-state index contributed by atoms with van der Waals surface area (Å²) in [7, 11) is 0. The Morgan fingerprint density at radius 2 is 1.84 bits per heavy atom. The average Bonchev–Trinajstić information content (AvgIpc) is 3.22. The van der Waals surface area contributed by atoms with Crippen molar-refractivity contribution in [2.24, 2.45) is 0 Å². The van der Waals surface area contributed by atoms with Crippen LogP contribution in [0.5, 0.6) is 0 Å². The first-order valence-electron chi connectivity index (χ1n) is 10.3. The number of hydrogen-bond donors (Lipinski definition) is 1. The van der Waals surface area contributed by atoms with E-state index in [0.717, 1.165) is 58.5 Å². The van der Waals surface area contributed by atoms with Gasteiger partial charge in [-0.2, -0.15) is 0 Å². The van der Waals surface area contributed by atoms with Gasteiger partial charge in [0.25, 0.3) is 5.69 Å². The Hall–Kier alpha value is -3.43. The van der Waals surface area contributed by atoms with Crippen molar-refractivity contribution in [3.8, 4) is 0 Å². The number of hydrogen-bond acceptors (Lipinski definition) is 7. The van der Waals surface area contributed by atoms with E-state index in [1.54, 1.807) is 18.3 Å². The fraction of sp³-hybridized carbons (Fsp3) is 0.217. The Labute approximate surface area is 188 Å². The van der Waals surface area contributed by atoms with Crippen molar-refractivity contribution in [3.63, 3.8) is 0 Å². The van der Waals surface area contributed by atoms with Crippen LogP contribution in [0.25, 0.3) is 11.0 Å². The number of fused-ring (bicyclic) bond motifs is 1. The lowest BCUT2D eigenvalue weighted by atomic mass is 10.1. The summed E-state index contributed by atoms with van der Waals surface area (Å²) in [5.74, 6) is 0.752. The van der Waals surface area contributed by atoms with E-state index in [9.17, 15) is 10.1 Å². The molecule has 3 heterocycles. The summed E-state index contributed by atoms with van der Waals surface area (Å²) >= 11 is 1.52. The fourth-order valence-corrected chi connectivity index (χ4v) is 4.57. The number of aromatic amines is 1.